The van der Waals surface area contributed by atoms with E-state index >= 15 is 0 Å². The standard InChI is InChI=1S/C12H20N4/c1-10-12(6-8-14)11(2)16(15-10)9-5-3-4-7-13/h3-6,8-9,14H2,1-2H3. The van der Waals surface area contributed by atoms with Crippen molar-refractivity contribution in [2.24, 2.45) is 5.73 Å². The molecule has 0 aromatic carbocycles. The molecule has 0 spiro atoms. The molecule has 0 aliphatic carbocycles. The van der Waals surface area contributed by atoms with Crippen molar-refractivity contribution in [3.8, 4) is 6.07 Å². The van der Waals surface area contributed by atoms with Gasteiger partial charge in [0.05, 0.1) is 11.8 Å². The number of rotatable bonds is 6. The van der Waals surface area contributed by atoms with Gasteiger partial charge in [0, 0.05) is 18.7 Å². The fourth-order valence-electron chi connectivity index (χ4n) is 1.92. The van der Waals surface area contributed by atoms with Crippen LogP contribution >= 0.6 is 0 Å². The van der Waals surface area contributed by atoms with E-state index in [1.54, 1.807) is 0 Å². The molecule has 0 bridgehead atoms. The maximum Gasteiger partial charge on any atom is 0.0628 e. The predicted molar refractivity (Wildman–Crippen MR) is 63.9 cm³/mol. The van der Waals surface area contributed by atoms with Gasteiger partial charge in [0.25, 0.3) is 0 Å². The third-order valence-electron chi connectivity index (χ3n) is 2.83. The smallest absolute Gasteiger partial charge is 0.0628 e. The molecule has 0 fully saturated rings. The first-order valence-corrected chi connectivity index (χ1v) is 5.80. The van der Waals surface area contributed by atoms with E-state index in [2.05, 4.69) is 18.1 Å². The van der Waals surface area contributed by atoms with Crippen molar-refractivity contribution in [3.05, 3.63) is 17.0 Å². The Balaban J connectivity index is 2.60. The maximum atomic E-state index is 8.45. The third kappa shape index (κ3) is 3.07. The van der Waals surface area contributed by atoms with Crippen LogP contribution in [0.25, 0.3) is 0 Å². The molecule has 0 radical (unpaired) electrons. The van der Waals surface area contributed by atoms with Gasteiger partial charge in [-0.05, 0) is 45.2 Å². The van der Waals surface area contributed by atoms with Gasteiger partial charge in [0.15, 0.2) is 0 Å². The van der Waals surface area contributed by atoms with Gasteiger partial charge in [-0.1, -0.05) is 0 Å². The fraction of sp³-hybridized carbons (Fsp3) is 0.667. The van der Waals surface area contributed by atoms with E-state index in [1.807, 2.05) is 11.6 Å². The average Bonchev–Trinajstić information content (AvgIpc) is 2.53. The summed E-state index contributed by atoms with van der Waals surface area (Å²) >= 11 is 0. The molecule has 1 rings (SSSR count). The zero-order valence-electron chi connectivity index (χ0n) is 10.2. The molecule has 2 N–H and O–H groups in total. The van der Waals surface area contributed by atoms with Gasteiger partial charge in [0.2, 0.25) is 0 Å². The van der Waals surface area contributed by atoms with Crippen LogP contribution < -0.4 is 5.73 Å². The molecule has 0 saturated heterocycles. The molecule has 88 valence electrons. The molecule has 0 saturated carbocycles. The van der Waals surface area contributed by atoms with E-state index in [1.165, 1.54) is 11.3 Å². The minimum Gasteiger partial charge on any atom is -0.330 e. The molecule has 16 heavy (non-hydrogen) atoms. The summed E-state index contributed by atoms with van der Waals surface area (Å²) in [4.78, 5) is 0. The summed E-state index contributed by atoms with van der Waals surface area (Å²) in [5.74, 6) is 0. The molecule has 0 aliphatic heterocycles. The second kappa shape index (κ2) is 6.29. The summed E-state index contributed by atoms with van der Waals surface area (Å²) in [6.45, 7) is 5.69. The Bertz CT molecular complexity index is 373. The second-order valence-corrected chi connectivity index (χ2v) is 4.03. The topological polar surface area (TPSA) is 67.6 Å². The van der Waals surface area contributed by atoms with Crippen LogP contribution in [0.5, 0.6) is 0 Å². The number of nitrogens with two attached hydrogens (primary N) is 1. The van der Waals surface area contributed by atoms with Crippen molar-refractivity contribution >= 4 is 0 Å². The highest BCUT2D eigenvalue weighted by Crippen LogP contribution is 2.14. The number of hydrogen-bond acceptors (Lipinski definition) is 3. The second-order valence-electron chi connectivity index (χ2n) is 4.03. The van der Waals surface area contributed by atoms with Gasteiger partial charge in [-0.15, -0.1) is 0 Å². The highest BCUT2D eigenvalue weighted by molar-refractivity contribution is 5.24. The van der Waals surface area contributed by atoms with E-state index in [4.69, 9.17) is 11.0 Å². The lowest BCUT2D eigenvalue weighted by Crippen LogP contribution is -2.06. The van der Waals surface area contributed by atoms with Crippen molar-refractivity contribution in [2.45, 2.75) is 46.1 Å². The van der Waals surface area contributed by atoms with Crippen molar-refractivity contribution in [2.75, 3.05) is 6.54 Å². The van der Waals surface area contributed by atoms with Gasteiger partial charge in [-0.25, -0.2) is 0 Å². The first-order valence-electron chi connectivity index (χ1n) is 5.80. The summed E-state index contributed by atoms with van der Waals surface area (Å²) in [5, 5.41) is 13.0. The van der Waals surface area contributed by atoms with Gasteiger partial charge in [-0.3, -0.25) is 4.68 Å². The van der Waals surface area contributed by atoms with Crippen LogP contribution in [-0.4, -0.2) is 16.3 Å². The van der Waals surface area contributed by atoms with Crippen LogP contribution in [0.15, 0.2) is 0 Å². The Morgan fingerprint density at radius 1 is 1.38 bits per heavy atom. The van der Waals surface area contributed by atoms with E-state index in [0.29, 0.717) is 13.0 Å². The number of nitriles is 1. The lowest BCUT2D eigenvalue weighted by molar-refractivity contribution is 0.546. The molecule has 0 atom stereocenters. The Hall–Kier alpha value is -1.34. The Labute approximate surface area is 97.1 Å². The lowest BCUT2D eigenvalue weighted by atomic mass is 10.1. The van der Waals surface area contributed by atoms with Crippen molar-refractivity contribution in [1.82, 2.24) is 9.78 Å². The first kappa shape index (κ1) is 12.7. The number of aromatic nitrogens is 2. The highest BCUT2D eigenvalue weighted by Gasteiger charge is 2.09. The fourth-order valence-corrected chi connectivity index (χ4v) is 1.92. The molecule has 1 heterocycles. The summed E-state index contributed by atoms with van der Waals surface area (Å²) in [6, 6.07) is 2.16. The molecular weight excluding hydrogens is 200 g/mol. The summed E-state index contributed by atoms with van der Waals surface area (Å²) in [7, 11) is 0. The largest absolute Gasteiger partial charge is 0.330 e. The zero-order valence-corrected chi connectivity index (χ0v) is 10.2. The van der Waals surface area contributed by atoms with E-state index in [0.717, 1.165) is 31.5 Å². The predicted octanol–water partition coefficient (Wildman–Crippen LogP) is 1.70. The minimum absolute atomic E-state index is 0.634. The van der Waals surface area contributed by atoms with Crippen LogP contribution in [0.2, 0.25) is 0 Å². The number of hydrogen-bond donors (Lipinski definition) is 1. The van der Waals surface area contributed by atoms with Crippen LogP contribution in [0, 0.1) is 25.2 Å². The molecule has 4 heteroatoms. The van der Waals surface area contributed by atoms with Crippen LogP contribution in [0.4, 0.5) is 0 Å². The monoisotopic (exact) mass is 220 g/mol. The molecule has 0 aliphatic rings. The Morgan fingerprint density at radius 2 is 2.12 bits per heavy atom. The van der Waals surface area contributed by atoms with Crippen molar-refractivity contribution < 1.29 is 0 Å². The number of unbranched alkanes of at least 4 members (excludes halogenated alkanes) is 2. The summed E-state index contributed by atoms with van der Waals surface area (Å²) in [6.07, 6.45) is 3.49. The highest BCUT2D eigenvalue weighted by atomic mass is 15.3. The molecular formula is C12H20N4. The number of aryl methyl sites for hydroxylation is 2. The van der Waals surface area contributed by atoms with Crippen LogP contribution in [0.1, 0.15) is 36.2 Å². The Kier molecular flexibility index (Phi) is 5.00. The average molecular weight is 220 g/mol. The molecule has 4 nitrogen and oxygen atoms in total. The lowest BCUT2D eigenvalue weighted by Gasteiger charge is -2.04. The van der Waals surface area contributed by atoms with Crippen LogP contribution in [-0.2, 0) is 13.0 Å². The normalized spacial score (nSPS) is 10.4. The molecule has 0 amide bonds. The summed E-state index contributed by atoms with van der Waals surface area (Å²) < 4.78 is 2.04. The van der Waals surface area contributed by atoms with Gasteiger partial charge < -0.3 is 5.73 Å². The Morgan fingerprint density at radius 3 is 2.75 bits per heavy atom. The van der Waals surface area contributed by atoms with Crippen LogP contribution in [0.3, 0.4) is 0 Å². The van der Waals surface area contributed by atoms with Crippen molar-refractivity contribution in [3.63, 3.8) is 0 Å². The van der Waals surface area contributed by atoms with Gasteiger partial charge in [-0.2, -0.15) is 10.4 Å². The third-order valence-corrected chi connectivity index (χ3v) is 2.83. The van der Waals surface area contributed by atoms with E-state index < -0.39 is 0 Å². The van der Waals surface area contributed by atoms with E-state index in [9.17, 15) is 0 Å². The van der Waals surface area contributed by atoms with E-state index in [-0.39, 0.29) is 0 Å². The first-order chi connectivity index (χ1) is 7.70. The quantitative estimate of drug-likeness (QED) is 0.742. The molecule has 1 aromatic heterocycles. The molecule has 1 aromatic rings. The maximum absolute atomic E-state index is 8.45. The SMILES string of the molecule is Cc1nn(CCCCC#N)c(C)c1CCN. The number of nitrogens with zero attached hydrogens (tertiary/aromatic N) is 3. The van der Waals surface area contributed by atoms with Gasteiger partial charge >= 0.3 is 0 Å². The van der Waals surface area contributed by atoms with Gasteiger partial charge in [0.1, 0.15) is 0 Å². The molecule has 0 unspecified atom stereocenters. The minimum atomic E-state index is 0.634. The summed E-state index contributed by atoms with van der Waals surface area (Å²) in [5.41, 5.74) is 9.16. The zero-order chi connectivity index (χ0) is 12.0. The van der Waals surface area contributed by atoms with Crippen molar-refractivity contribution in [1.29, 1.82) is 5.26 Å².